The Labute approximate surface area is 207 Å². The van der Waals surface area contributed by atoms with E-state index in [0.717, 1.165) is 17.7 Å². The molecule has 3 rings (SSSR count). The van der Waals surface area contributed by atoms with E-state index in [1.807, 2.05) is 47.6 Å². The van der Waals surface area contributed by atoms with Gasteiger partial charge < -0.3 is 15.8 Å². The summed E-state index contributed by atoms with van der Waals surface area (Å²) in [5, 5.41) is 3.20. The zero-order valence-corrected chi connectivity index (χ0v) is 22.4. The molecule has 0 saturated heterocycles. The number of thioether (sulfide) groups is 1. The summed E-state index contributed by atoms with van der Waals surface area (Å²) in [7, 11) is 0. The first-order valence-corrected chi connectivity index (χ1v) is 12.2. The lowest BCUT2D eigenvalue weighted by Gasteiger charge is -2.39. The van der Waals surface area contributed by atoms with E-state index in [2.05, 4.69) is 39.1 Å². The van der Waals surface area contributed by atoms with Gasteiger partial charge in [-0.15, -0.1) is 0 Å². The molecule has 0 aliphatic carbocycles. The van der Waals surface area contributed by atoms with Gasteiger partial charge in [0.25, 0.3) is 0 Å². The summed E-state index contributed by atoms with van der Waals surface area (Å²) in [4.78, 5) is 27.0. The largest absolute Gasteiger partial charge is 0.474 e. The molecule has 1 atom stereocenters. The number of aliphatic imine (C=N–C) groups is 1. The van der Waals surface area contributed by atoms with Crippen molar-refractivity contribution in [1.29, 1.82) is 0 Å². The number of rotatable bonds is 6. The predicted molar refractivity (Wildman–Crippen MR) is 140 cm³/mol. The topological polar surface area (TPSA) is 115 Å². The molecule has 3 N–H and O–H groups in total. The number of alkyl halides is 1. The second-order valence-electron chi connectivity index (χ2n) is 7.52. The number of nitrogens with two attached hydrogens (primary N) is 1. The molecule has 34 heavy (non-hydrogen) atoms. The van der Waals surface area contributed by atoms with E-state index in [4.69, 9.17) is 10.5 Å². The molecule has 0 aromatic carbocycles. The van der Waals surface area contributed by atoms with Crippen molar-refractivity contribution in [2.45, 2.75) is 72.1 Å². The second kappa shape index (κ2) is 16.0. The van der Waals surface area contributed by atoms with Gasteiger partial charge in [0, 0.05) is 10.9 Å². The number of anilines is 1. The van der Waals surface area contributed by atoms with Gasteiger partial charge in [0.2, 0.25) is 12.3 Å². The fraction of sp³-hybridized carbons (Fsp3) is 0.542. The number of carbonyl (C=O) groups excluding carboxylic acids is 1. The molecular formula is C24H39FN6O2S. The highest BCUT2D eigenvalue weighted by molar-refractivity contribution is 8.15. The monoisotopic (exact) mass is 494 g/mol. The first-order chi connectivity index (χ1) is 16.2. The Morgan fingerprint density at radius 1 is 1.15 bits per heavy atom. The molecule has 0 bridgehead atoms. The Balaban J connectivity index is 0.000000618. The summed E-state index contributed by atoms with van der Waals surface area (Å²) >= 11 is 1.59. The predicted octanol–water partition coefficient (Wildman–Crippen LogP) is 5.28. The van der Waals surface area contributed by atoms with Gasteiger partial charge in [0.1, 0.15) is 13.3 Å². The number of pyridine rings is 1. The first kappa shape index (κ1) is 31.2. The summed E-state index contributed by atoms with van der Waals surface area (Å²) < 4.78 is 16.5. The summed E-state index contributed by atoms with van der Waals surface area (Å²) in [5.41, 5.74) is 7.97. The maximum Gasteiger partial charge on any atom is 0.232 e. The lowest BCUT2D eigenvalue weighted by molar-refractivity contribution is -0.105. The Morgan fingerprint density at radius 2 is 1.82 bits per heavy atom. The molecule has 8 nitrogen and oxygen atoms in total. The molecule has 0 fully saturated rings. The highest BCUT2D eigenvalue weighted by Crippen LogP contribution is 2.44. The van der Waals surface area contributed by atoms with Crippen LogP contribution in [0.2, 0.25) is 0 Å². The van der Waals surface area contributed by atoms with Crippen molar-refractivity contribution < 1.29 is 13.9 Å². The number of amides is 1. The third-order valence-electron chi connectivity index (χ3n) is 4.18. The van der Waals surface area contributed by atoms with Crippen LogP contribution in [-0.4, -0.2) is 44.6 Å². The minimum atomic E-state index is -0.504. The average Bonchev–Trinajstić information content (AvgIpc) is 2.81. The van der Waals surface area contributed by atoms with Crippen molar-refractivity contribution in [2.24, 2.45) is 10.7 Å². The minimum absolute atomic E-state index is 0.0225. The summed E-state index contributed by atoms with van der Waals surface area (Å²) in [6.07, 6.45) is 7.94. The maximum absolute atomic E-state index is 11.6. The summed E-state index contributed by atoms with van der Waals surface area (Å²) in [5.74, 6) is 0.369. The Kier molecular flexibility index (Phi) is 14.7. The third-order valence-corrected chi connectivity index (χ3v) is 5.18. The summed E-state index contributed by atoms with van der Waals surface area (Å²) in [6.45, 7) is 15.7. The van der Waals surface area contributed by atoms with Crippen molar-refractivity contribution >= 4 is 29.0 Å². The van der Waals surface area contributed by atoms with E-state index in [1.54, 1.807) is 30.4 Å². The van der Waals surface area contributed by atoms with Crippen LogP contribution in [0.15, 0.2) is 35.8 Å². The highest BCUT2D eigenvalue weighted by atomic mass is 32.2. The average molecular weight is 495 g/mol. The molecule has 1 aliphatic heterocycles. The molecular weight excluding hydrogens is 455 g/mol. The highest BCUT2D eigenvalue weighted by Gasteiger charge is 2.39. The van der Waals surface area contributed by atoms with Crippen LogP contribution in [-0.2, 0) is 10.3 Å². The molecule has 0 radical (unpaired) electrons. The van der Waals surface area contributed by atoms with E-state index < -0.39 is 12.2 Å². The van der Waals surface area contributed by atoms with Crippen LogP contribution in [0.3, 0.4) is 0 Å². The quantitative estimate of drug-likeness (QED) is 0.525. The van der Waals surface area contributed by atoms with Crippen LogP contribution in [0.4, 0.5) is 10.1 Å². The molecule has 10 heteroatoms. The maximum atomic E-state index is 11.6. The molecule has 1 unspecified atom stereocenters. The van der Waals surface area contributed by atoms with Crippen molar-refractivity contribution in [2.75, 3.05) is 18.6 Å². The zero-order chi connectivity index (χ0) is 26.2. The van der Waals surface area contributed by atoms with Gasteiger partial charge in [0.05, 0.1) is 35.5 Å². The molecule has 1 amide bonds. The number of amidine groups is 1. The van der Waals surface area contributed by atoms with Crippen LogP contribution in [0.25, 0.3) is 0 Å². The van der Waals surface area contributed by atoms with Gasteiger partial charge >= 0.3 is 0 Å². The lowest BCUT2D eigenvalue weighted by Crippen LogP contribution is -2.38. The van der Waals surface area contributed by atoms with Crippen LogP contribution in [0.1, 0.15) is 66.1 Å². The molecule has 0 saturated carbocycles. The zero-order valence-electron chi connectivity index (χ0n) is 21.6. The van der Waals surface area contributed by atoms with Crippen molar-refractivity contribution in [3.05, 3.63) is 42.1 Å². The number of halogens is 1. The molecule has 1 aliphatic rings. The van der Waals surface area contributed by atoms with Crippen molar-refractivity contribution in [3.8, 4) is 5.88 Å². The second-order valence-corrected chi connectivity index (χ2v) is 9.25. The van der Waals surface area contributed by atoms with Gasteiger partial charge in [0.15, 0.2) is 5.17 Å². The Hall–Kier alpha value is -2.75. The van der Waals surface area contributed by atoms with Gasteiger partial charge in [-0.2, -0.15) is 0 Å². The molecule has 190 valence electrons. The number of carbonyl (C=O) groups is 1. The Morgan fingerprint density at radius 3 is 2.35 bits per heavy atom. The molecule has 0 spiro atoms. The number of ether oxygens (including phenoxy) is 1. The van der Waals surface area contributed by atoms with Crippen LogP contribution in [0.5, 0.6) is 5.88 Å². The van der Waals surface area contributed by atoms with Crippen molar-refractivity contribution in [1.82, 2.24) is 15.0 Å². The number of aromatic nitrogens is 3. The number of hydrogen-bond acceptors (Lipinski definition) is 8. The van der Waals surface area contributed by atoms with Crippen molar-refractivity contribution in [3.63, 3.8) is 0 Å². The van der Waals surface area contributed by atoms with Crippen LogP contribution >= 0.6 is 11.8 Å². The van der Waals surface area contributed by atoms with E-state index in [0.29, 0.717) is 23.1 Å². The van der Waals surface area contributed by atoms with Gasteiger partial charge in [-0.3, -0.25) is 19.8 Å². The lowest BCUT2D eigenvalue weighted by atomic mass is 9.84. The first-order valence-electron chi connectivity index (χ1n) is 11.3. The standard InChI is InChI=1S/C13H18N4OS.C7H9FN2O.2C2H6/c1-12(2)7-13(3,17-11(14)19-12)9-4-10(16-8-18)6-15-5-9;1-6-4-10-7(5-9-6)11-3-2-8;2*1-2/h4-6,8H,7H2,1-3H3,(H2,14,17)(H,16,18);4-5H,2-3H2,1H3;2*1-2H3. The van der Waals surface area contributed by atoms with E-state index in [-0.39, 0.29) is 11.4 Å². The smallest absolute Gasteiger partial charge is 0.232 e. The van der Waals surface area contributed by atoms with E-state index >= 15 is 0 Å². The van der Waals surface area contributed by atoms with E-state index in [9.17, 15) is 9.18 Å². The normalized spacial score (nSPS) is 17.7. The Bertz CT molecular complexity index is 880. The van der Waals surface area contributed by atoms with Gasteiger partial charge in [-0.1, -0.05) is 53.3 Å². The number of aryl methyl sites for hydroxylation is 1. The van der Waals surface area contributed by atoms with Gasteiger partial charge in [-0.05, 0) is 31.9 Å². The molecule has 3 heterocycles. The molecule has 2 aromatic rings. The van der Waals surface area contributed by atoms with Crippen LogP contribution in [0, 0.1) is 6.92 Å². The minimum Gasteiger partial charge on any atom is -0.474 e. The molecule has 2 aromatic heterocycles. The fourth-order valence-corrected chi connectivity index (χ4v) is 4.27. The van der Waals surface area contributed by atoms with Gasteiger partial charge in [-0.25, -0.2) is 9.37 Å². The fourth-order valence-electron chi connectivity index (χ4n) is 3.10. The third kappa shape index (κ3) is 10.9. The number of nitrogens with one attached hydrogen (secondary N) is 1. The van der Waals surface area contributed by atoms with Crippen LogP contribution < -0.4 is 15.8 Å². The SMILES string of the molecule is CC.CC.CC1(C)CC(C)(c2cncc(NC=O)c2)N=C(N)S1.Cc1cnc(OCCF)cn1. The number of hydrogen-bond donors (Lipinski definition) is 2. The summed E-state index contributed by atoms with van der Waals surface area (Å²) in [6, 6.07) is 1.89. The number of nitrogens with zero attached hydrogens (tertiary/aromatic N) is 4. The van der Waals surface area contributed by atoms with E-state index in [1.165, 1.54) is 6.20 Å².